The van der Waals surface area contributed by atoms with Crippen molar-refractivity contribution in [2.24, 2.45) is 0 Å². The summed E-state index contributed by atoms with van der Waals surface area (Å²) in [6, 6.07) is 4.19. The molecule has 0 atom stereocenters. The van der Waals surface area contributed by atoms with E-state index in [4.69, 9.17) is 0 Å². The molecule has 1 N–H and O–H groups in total. The van der Waals surface area contributed by atoms with Crippen LogP contribution in [0.1, 0.15) is 37.6 Å². The Morgan fingerprint density at radius 2 is 2.12 bits per heavy atom. The SMILES string of the molecule is CCC(C)(C)NC(=O)c1cc(S)ccc1F. The van der Waals surface area contributed by atoms with Crippen LogP contribution < -0.4 is 5.32 Å². The number of nitrogens with one attached hydrogen (secondary N) is 1. The van der Waals surface area contributed by atoms with E-state index in [2.05, 4.69) is 17.9 Å². The van der Waals surface area contributed by atoms with Gasteiger partial charge in [-0.05, 0) is 38.5 Å². The molecule has 2 nitrogen and oxygen atoms in total. The lowest BCUT2D eigenvalue weighted by molar-refractivity contribution is 0.0907. The van der Waals surface area contributed by atoms with Crippen LogP contribution in [0.4, 0.5) is 4.39 Å². The Hall–Kier alpha value is -1.03. The van der Waals surface area contributed by atoms with Gasteiger partial charge in [-0.15, -0.1) is 12.6 Å². The van der Waals surface area contributed by atoms with E-state index in [1.807, 2.05) is 20.8 Å². The molecule has 0 saturated carbocycles. The average Bonchev–Trinajstić information content (AvgIpc) is 2.21. The van der Waals surface area contributed by atoms with Crippen molar-refractivity contribution in [2.45, 2.75) is 37.6 Å². The van der Waals surface area contributed by atoms with Gasteiger partial charge in [-0.1, -0.05) is 6.92 Å². The zero-order valence-corrected chi connectivity index (χ0v) is 10.6. The van der Waals surface area contributed by atoms with Crippen LogP contribution in [0.15, 0.2) is 23.1 Å². The quantitative estimate of drug-likeness (QED) is 0.783. The van der Waals surface area contributed by atoms with Crippen molar-refractivity contribution >= 4 is 18.5 Å². The molecule has 1 rings (SSSR count). The van der Waals surface area contributed by atoms with Crippen LogP contribution in [0.3, 0.4) is 0 Å². The predicted molar refractivity (Wildman–Crippen MR) is 65.5 cm³/mol. The van der Waals surface area contributed by atoms with Crippen LogP contribution in [0.5, 0.6) is 0 Å². The molecule has 0 bridgehead atoms. The number of hydrogen-bond acceptors (Lipinski definition) is 2. The number of benzene rings is 1. The molecular formula is C12H16FNOS. The molecule has 0 fully saturated rings. The third-order valence-corrected chi connectivity index (χ3v) is 2.81. The number of hydrogen-bond donors (Lipinski definition) is 2. The largest absolute Gasteiger partial charge is 0.347 e. The maximum absolute atomic E-state index is 13.4. The highest BCUT2D eigenvalue weighted by Crippen LogP contribution is 2.15. The zero-order chi connectivity index (χ0) is 12.3. The van der Waals surface area contributed by atoms with E-state index < -0.39 is 11.7 Å². The van der Waals surface area contributed by atoms with E-state index in [0.29, 0.717) is 4.90 Å². The van der Waals surface area contributed by atoms with E-state index >= 15 is 0 Å². The lowest BCUT2D eigenvalue weighted by Crippen LogP contribution is -2.43. The molecule has 16 heavy (non-hydrogen) atoms. The minimum absolute atomic E-state index is 0.0361. The number of halogens is 1. The molecular weight excluding hydrogens is 225 g/mol. The summed E-state index contributed by atoms with van der Waals surface area (Å²) >= 11 is 4.08. The van der Waals surface area contributed by atoms with Crippen LogP contribution >= 0.6 is 12.6 Å². The van der Waals surface area contributed by atoms with Gasteiger partial charge in [0.25, 0.3) is 5.91 Å². The minimum atomic E-state index is -0.526. The molecule has 1 aromatic rings. The molecule has 0 spiro atoms. The van der Waals surface area contributed by atoms with Gasteiger partial charge in [0, 0.05) is 10.4 Å². The summed E-state index contributed by atoms with van der Waals surface area (Å²) in [7, 11) is 0. The monoisotopic (exact) mass is 241 g/mol. The van der Waals surface area contributed by atoms with Crippen molar-refractivity contribution in [3.63, 3.8) is 0 Å². The van der Waals surface area contributed by atoms with Crippen LogP contribution in [-0.4, -0.2) is 11.4 Å². The summed E-state index contributed by atoms with van der Waals surface area (Å²) in [4.78, 5) is 12.4. The van der Waals surface area contributed by atoms with E-state index in [0.717, 1.165) is 6.42 Å². The van der Waals surface area contributed by atoms with Crippen molar-refractivity contribution in [1.82, 2.24) is 5.32 Å². The molecule has 0 aliphatic heterocycles. The Bertz CT molecular complexity index is 404. The van der Waals surface area contributed by atoms with Crippen LogP contribution in [0.2, 0.25) is 0 Å². The summed E-state index contributed by atoms with van der Waals surface area (Å²) in [6.07, 6.45) is 0.779. The molecule has 0 heterocycles. The first kappa shape index (κ1) is 13.0. The minimum Gasteiger partial charge on any atom is -0.347 e. The third-order valence-electron chi connectivity index (χ3n) is 2.53. The molecule has 0 aromatic heterocycles. The van der Waals surface area contributed by atoms with Gasteiger partial charge in [0.1, 0.15) is 5.82 Å². The van der Waals surface area contributed by atoms with Gasteiger partial charge < -0.3 is 5.32 Å². The lowest BCUT2D eigenvalue weighted by atomic mass is 10.0. The average molecular weight is 241 g/mol. The maximum atomic E-state index is 13.4. The Balaban J connectivity index is 2.93. The van der Waals surface area contributed by atoms with E-state index in [-0.39, 0.29) is 11.1 Å². The second kappa shape index (κ2) is 4.87. The highest BCUT2D eigenvalue weighted by molar-refractivity contribution is 7.80. The number of rotatable bonds is 3. The number of thiol groups is 1. The first-order valence-corrected chi connectivity index (χ1v) is 5.61. The van der Waals surface area contributed by atoms with Crippen molar-refractivity contribution < 1.29 is 9.18 Å². The van der Waals surface area contributed by atoms with Crippen molar-refractivity contribution in [1.29, 1.82) is 0 Å². The summed E-state index contributed by atoms with van der Waals surface area (Å²) < 4.78 is 13.4. The molecule has 0 aliphatic carbocycles. The lowest BCUT2D eigenvalue weighted by Gasteiger charge is -2.24. The molecule has 0 unspecified atom stereocenters. The fraction of sp³-hybridized carbons (Fsp3) is 0.417. The molecule has 0 radical (unpaired) electrons. The topological polar surface area (TPSA) is 29.1 Å². The highest BCUT2D eigenvalue weighted by Gasteiger charge is 2.20. The number of carbonyl (C=O) groups excluding carboxylic acids is 1. The van der Waals surface area contributed by atoms with Gasteiger partial charge >= 0.3 is 0 Å². The fourth-order valence-corrected chi connectivity index (χ4v) is 1.35. The van der Waals surface area contributed by atoms with E-state index in [9.17, 15) is 9.18 Å². The van der Waals surface area contributed by atoms with Gasteiger partial charge in [0.2, 0.25) is 0 Å². The number of amides is 1. The van der Waals surface area contributed by atoms with Crippen LogP contribution in [0.25, 0.3) is 0 Å². The Morgan fingerprint density at radius 3 is 2.69 bits per heavy atom. The fourth-order valence-electron chi connectivity index (χ4n) is 1.15. The maximum Gasteiger partial charge on any atom is 0.254 e. The van der Waals surface area contributed by atoms with Gasteiger partial charge in [0.15, 0.2) is 0 Å². The highest BCUT2D eigenvalue weighted by atomic mass is 32.1. The van der Waals surface area contributed by atoms with Crippen LogP contribution in [-0.2, 0) is 0 Å². The van der Waals surface area contributed by atoms with Crippen molar-refractivity contribution in [3.8, 4) is 0 Å². The second-order valence-corrected chi connectivity index (χ2v) is 4.87. The van der Waals surface area contributed by atoms with E-state index in [1.54, 1.807) is 0 Å². The van der Waals surface area contributed by atoms with Gasteiger partial charge in [-0.25, -0.2) is 4.39 Å². The Labute approximate surface area is 101 Å². The predicted octanol–water partition coefficient (Wildman–Crippen LogP) is 3.03. The Morgan fingerprint density at radius 1 is 1.50 bits per heavy atom. The number of carbonyl (C=O) groups is 1. The summed E-state index contributed by atoms with van der Waals surface area (Å²) in [5.41, 5.74) is -0.301. The molecule has 1 aromatic carbocycles. The van der Waals surface area contributed by atoms with Crippen molar-refractivity contribution in [3.05, 3.63) is 29.6 Å². The summed E-state index contributed by atoms with van der Waals surface area (Å²) in [5.74, 6) is -0.928. The molecule has 4 heteroatoms. The second-order valence-electron chi connectivity index (χ2n) is 4.36. The standard InChI is InChI=1S/C12H16FNOS/c1-4-12(2,3)14-11(15)9-7-8(16)5-6-10(9)13/h5-7,16H,4H2,1-3H3,(H,14,15). The van der Waals surface area contributed by atoms with Gasteiger partial charge in [0.05, 0.1) is 5.56 Å². The van der Waals surface area contributed by atoms with Crippen LogP contribution in [0, 0.1) is 5.82 Å². The van der Waals surface area contributed by atoms with Gasteiger partial charge in [-0.3, -0.25) is 4.79 Å². The Kier molecular flexibility index (Phi) is 3.97. The van der Waals surface area contributed by atoms with Crippen molar-refractivity contribution in [2.75, 3.05) is 0 Å². The van der Waals surface area contributed by atoms with E-state index in [1.165, 1.54) is 18.2 Å². The zero-order valence-electron chi connectivity index (χ0n) is 9.67. The summed E-state index contributed by atoms with van der Waals surface area (Å²) in [6.45, 7) is 5.76. The first-order valence-electron chi connectivity index (χ1n) is 5.17. The first-order chi connectivity index (χ1) is 7.35. The molecule has 0 saturated heterocycles. The third kappa shape index (κ3) is 3.23. The smallest absolute Gasteiger partial charge is 0.254 e. The summed E-state index contributed by atoms with van der Waals surface area (Å²) in [5, 5.41) is 2.78. The molecule has 88 valence electrons. The molecule has 0 aliphatic rings. The van der Waals surface area contributed by atoms with Gasteiger partial charge in [-0.2, -0.15) is 0 Å². The molecule has 1 amide bonds. The normalized spacial score (nSPS) is 11.3.